The molecule has 0 radical (unpaired) electrons. The molecule has 1 spiro atoms. The molecule has 4 rings (SSSR count). The van der Waals surface area contributed by atoms with Crippen LogP contribution in [0.4, 0.5) is 0 Å². The highest BCUT2D eigenvalue weighted by Crippen LogP contribution is 2.36. The Hall–Kier alpha value is -0.520. The number of nitrogens with zero attached hydrogens (tertiary/aromatic N) is 1. The van der Waals surface area contributed by atoms with Gasteiger partial charge in [-0.25, -0.2) is 16.8 Å². The van der Waals surface area contributed by atoms with Crippen molar-refractivity contribution in [3.05, 3.63) is 17.5 Å². The zero-order chi connectivity index (χ0) is 17.7. The van der Waals surface area contributed by atoms with E-state index in [1.54, 1.807) is 17.5 Å². The Morgan fingerprint density at radius 3 is 2.44 bits per heavy atom. The first-order valence-electron chi connectivity index (χ1n) is 8.31. The van der Waals surface area contributed by atoms with Crippen molar-refractivity contribution in [2.75, 3.05) is 37.8 Å². The van der Waals surface area contributed by atoms with Gasteiger partial charge < -0.3 is 9.47 Å². The van der Waals surface area contributed by atoms with Gasteiger partial charge in [-0.05, 0) is 11.4 Å². The van der Waals surface area contributed by atoms with Gasteiger partial charge >= 0.3 is 0 Å². The zero-order valence-corrected chi connectivity index (χ0v) is 16.1. The second-order valence-electron chi connectivity index (χ2n) is 6.80. The third-order valence-corrected chi connectivity index (χ3v) is 10.8. The SMILES string of the molecule is O=S1(=O)CC(N2CCC3(CC2)OCCO3)C(S(=O)(=O)c2cccs2)C1. The molecule has 25 heavy (non-hydrogen) atoms. The van der Waals surface area contributed by atoms with Crippen LogP contribution >= 0.6 is 11.3 Å². The minimum atomic E-state index is -3.66. The average Bonchev–Trinajstić information content (AvgIpc) is 3.28. The number of hydrogen-bond acceptors (Lipinski definition) is 8. The van der Waals surface area contributed by atoms with E-state index in [4.69, 9.17) is 9.47 Å². The minimum absolute atomic E-state index is 0.100. The fourth-order valence-electron chi connectivity index (χ4n) is 3.99. The van der Waals surface area contributed by atoms with Crippen molar-refractivity contribution in [3.63, 3.8) is 0 Å². The van der Waals surface area contributed by atoms with Crippen molar-refractivity contribution in [3.8, 4) is 0 Å². The van der Waals surface area contributed by atoms with Crippen LogP contribution in [0.25, 0.3) is 0 Å². The van der Waals surface area contributed by atoms with E-state index < -0.39 is 36.8 Å². The van der Waals surface area contributed by atoms with Crippen LogP contribution in [0, 0.1) is 0 Å². The second kappa shape index (κ2) is 6.28. The van der Waals surface area contributed by atoms with Gasteiger partial charge in [0.15, 0.2) is 25.5 Å². The number of likely N-dealkylation sites (tertiary alicyclic amines) is 1. The van der Waals surface area contributed by atoms with Crippen LogP contribution in [0.5, 0.6) is 0 Å². The van der Waals surface area contributed by atoms with Gasteiger partial charge in [0.25, 0.3) is 0 Å². The third-order valence-electron chi connectivity index (χ3n) is 5.29. The number of thiophene rings is 1. The van der Waals surface area contributed by atoms with Gasteiger partial charge in [-0.1, -0.05) is 6.07 Å². The van der Waals surface area contributed by atoms with E-state index in [0.717, 1.165) is 11.3 Å². The van der Waals surface area contributed by atoms with E-state index in [1.165, 1.54) is 0 Å². The van der Waals surface area contributed by atoms with E-state index in [2.05, 4.69) is 0 Å². The van der Waals surface area contributed by atoms with Crippen molar-refractivity contribution in [2.24, 2.45) is 0 Å². The summed E-state index contributed by atoms with van der Waals surface area (Å²) in [5.74, 6) is -0.959. The van der Waals surface area contributed by atoms with E-state index in [9.17, 15) is 16.8 Å². The topological polar surface area (TPSA) is 90.0 Å². The summed E-state index contributed by atoms with van der Waals surface area (Å²) in [6.45, 7) is 2.31. The summed E-state index contributed by atoms with van der Waals surface area (Å²) in [6, 6.07) is 2.72. The molecule has 0 saturated carbocycles. The van der Waals surface area contributed by atoms with Crippen LogP contribution in [0.1, 0.15) is 12.8 Å². The first-order chi connectivity index (χ1) is 11.8. The second-order valence-corrected chi connectivity index (χ2v) is 12.3. The Morgan fingerprint density at radius 2 is 1.84 bits per heavy atom. The lowest BCUT2D eigenvalue weighted by Crippen LogP contribution is -2.53. The summed E-state index contributed by atoms with van der Waals surface area (Å²) in [5.41, 5.74) is 0. The van der Waals surface area contributed by atoms with Crippen molar-refractivity contribution in [1.29, 1.82) is 0 Å². The summed E-state index contributed by atoms with van der Waals surface area (Å²) in [4.78, 5) is 2.00. The normalized spacial score (nSPS) is 32.3. The first-order valence-corrected chi connectivity index (χ1v) is 12.6. The quantitative estimate of drug-likeness (QED) is 0.722. The standard InChI is InChI=1S/C15H21NO6S3/c17-24(18)10-12(13(11-24)25(19,20)14-2-1-9-23-14)16-5-3-15(4-6-16)21-7-8-22-15/h1-2,9,12-13H,3-8,10-11H2. The molecular weight excluding hydrogens is 386 g/mol. The van der Waals surface area contributed by atoms with E-state index in [1.807, 2.05) is 4.90 Å². The maximum atomic E-state index is 13.0. The molecule has 1 aromatic heterocycles. The highest BCUT2D eigenvalue weighted by molar-refractivity contribution is 7.97. The lowest BCUT2D eigenvalue weighted by atomic mass is 10.0. The van der Waals surface area contributed by atoms with Crippen molar-refractivity contribution in [1.82, 2.24) is 4.90 Å². The molecule has 0 aromatic carbocycles. The van der Waals surface area contributed by atoms with Gasteiger partial charge in [-0.2, -0.15) is 0 Å². The van der Waals surface area contributed by atoms with Crippen LogP contribution in [-0.4, -0.2) is 76.6 Å². The van der Waals surface area contributed by atoms with Gasteiger partial charge in [0.05, 0.1) is 30.0 Å². The smallest absolute Gasteiger partial charge is 0.193 e. The van der Waals surface area contributed by atoms with E-state index in [0.29, 0.717) is 39.1 Å². The maximum Gasteiger partial charge on any atom is 0.193 e. The van der Waals surface area contributed by atoms with E-state index >= 15 is 0 Å². The number of hydrogen-bond donors (Lipinski definition) is 0. The maximum absolute atomic E-state index is 13.0. The van der Waals surface area contributed by atoms with Gasteiger partial charge in [-0.15, -0.1) is 11.3 Å². The largest absolute Gasteiger partial charge is 0.347 e. The third kappa shape index (κ3) is 3.28. The van der Waals surface area contributed by atoms with Gasteiger partial charge in [0.2, 0.25) is 0 Å². The molecule has 3 aliphatic rings. The van der Waals surface area contributed by atoms with Gasteiger partial charge in [0, 0.05) is 32.0 Å². The molecule has 7 nitrogen and oxygen atoms in total. The number of piperidine rings is 1. The summed E-state index contributed by atoms with van der Waals surface area (Å²) in [6.07, 6.45) is 1.27. The molecule has 0 N–H and O–H groups in total. The molecule has 2 atom stereocenters. The molecule has 0 amide bonds. The van der Waals surface area contributed by atoms with Crippen molar-refractivity contribution in [2.45, 2.75) is 34.1 Å². The van der Waals surface area contributed by atoms with Crippen LogP contribution < -0.4 is 0 Å². The first kappa shape index (κ1) is 17.9. The van der Waals surface area contributed by atoms with Crippen LogP contribution in [-0.2, 0) is 29.1 Å². The molecule has 0 aliphatic carbocycles. The Labute approximate surface area is 151 Å². The molecule has 1 aromatic rings. The van der Waals surface area contributed by atoms with Gasteiger partial charge in [-0.3, -0.25) is 4.90 Å². The predicted octanol–water partition coefficient (Wildman–Crippen LogP) is 0.526. The van der Waals surface area contributed by atoms with Crippen LogP contribution in [0.3, 0.4) is 0 Å². The fraction of sp³-hybridized carbons (Fsp3) is 0.733. The number of rotatable bonds is 3. The van der Waals surface area contributed by atoms with Crippen molar-refractivity contribution >= 4 is 31.0 Å². The Morgan fingerprint density at radius 1 is 1.16 bits per heavy atom. The molecule has 0 bridgehead atoms. The van der Waals surface area contributed by atoms with Crippen LogP contribution in [0.15, 0.2) is 21.7 Å². The molecular formula is C15H21NO6S3. The van der Waals surface area contributed by atoms with Crippen LogP contribution in [0.2, 0.25) is 0 Å². The molecule has 3 aliphatic heterocycles. The lowest BCUT2D eigenvalue weighted by molar-refractivity contribution is -0.187. The molecule has 3 saturated heterocycles. The zero-order valence-electron chi connectivity index (χ0n) is 13.7. The number of sulfone groups is 2. The van der Waals surface area contributed by atoms with Gasteiger partial charge in [0.1, 0.15) is 4.21 Å². The summed E-state index contributed by atoms with van der Waals surface area (Å²) >= 11 is 1.14. The van der Waals surface area contributed by atoms with Crippen molar-refractivity contribution < 1.29 is 26.3 Å². The minimum Gasteiger partial charge on any atom is -0.347 e. The predicted molar refractivity (Wildman–Crippen MR) is 93.2 cm³/mol. The molecule has 3 fully saturated rings. The fourth-order valence-corrected chi connectivity index (χ4v) is 10.0. The Balaban J connectivity index is 1.57. The molecule has 2 unspecified atom stereocenters. The molecule has 140 valence electrons. The van der Waals surface area contributed by atoms with E-state index in [-0.39, 0.29) is 15.7 Å². The monoisotopic (exact) mass is 407 g/mol. The Kier molecular flexibility index (Phi) is 4.49. The highest BCUT2D eigenvalue weighted by atomic mass is 32.2. The molecule has 4 heterocycles. The summed E-state index contributed by atoms with van der Waals surface area (Å²) in [7, 11) is -7.03. The summed E-state index contributed by atoms with van der Waals surface area (Å²) < 4.78 is 62.0. The Bertz CT molecular complexity index is 817. The highest BCUT2D eigenvalue weighted by Gasteiger charge is 2.50. The average molecular weight is 408 g/mol. The molecule has 10 heteroatoms. The lowest BCUT2D eigenvalue weighted by Gasteiger charge is -2.41. The number of ether oxygens (including phenoxy) is 2. The summed E-state index contributed by atoms with van der Waals surface area (Å²) in [5, 5.41) is 0.792.